The van der Waals surface area contributed by atoms with E-state index in [9.17, 15) is 9.59 Å². The van der Waals surface area contributed by atoms with Gasteiger partial charge in [0.2, 0.25) is 0 Å². The highest BCUT2D eigenvalue weighted by Crippen LogP contribution is 2.24. The summed E-state index contributed by atoms with van der Waals surface area (Å²) in [7, 11) is 0. The topological polar surface area (TPSA) is 67.2 Å². The lowest BCUT2D eigenvalue weighted by atomic mass is 10.0. The fourth-order valence-electron chi connectivity index (χ4n) is 4.30. The highest BCUT2D eigenvalue weighted by molar-refractivity contribution is 5.95. The first-order valence-corrected chi connectivity index (χ1v) is 11.5. The van der Waals surface area contributed by atoms with Crippen LogP contribution in [0.25, 0.3) is 16.9 Å². The minimum atomic E-state index is -0.0694. The number of amides is 2. The van der Waals surface area contributed by atoms with Crippen molar-refractivity contribution in [2.75, 3.05) is 13.1 Å². The molecule has 4 aromatic rings. The van der Waals surface area contributed by atoms with E-state index in [4.69, 9.17) is 5.10 Å². The van der Waals surface area contributed by atoms with E-state index < -0.39 is 0 Å². The number of piperidine rings is 1. The van der Waals surface area contributed by atoms with Gasteiger partial charge in [-0.15, -0.1) is 0 Å². The second kappa shape index (κ2) is 9.75. The Morgan fingerprint density at radius 1 is 0.794 bits per heavy atom. The van der Waals surface area contributed by atoms with Crippen molar-refractivity contribution in [1.82, 2.24) is 20.0 Å². The predicted octanol–water partition coefficient (Wildman–Crippen LogP) is 4.57. The highest BCUT2D eigenvalue weighted by atomic mass is 16.2. The Bertz CT molecular complexity index is 1260. The average molecular weight is 451 g/mol. The normalized spacial score (nSPS) is 14.1. The van der Waals surface area contributed by atoms with Gasteiger partial charge in [-0.3, -0.25) is 9.59 Å². The van der Waals surface area contributed by atoms with Gasteiger partial charge in [0.1, 0.15) is 5.69 Å². The van der Waals surface area contributed by atoms with Gasteiger partial charge in [0.15, 0.2) is 0 Å². The van der Waals surface area contributed by atoms with Crippen molar-refractivity contribution in [2.24, 2.45) is 0 Å². The first-order valence-electron chi connectivity index (χ1n) is 11.5. The average Bonchev–Trinajstić information content (AvgIpc) is 3.36. The molecular formula is C28H26N4O2. The van der Waals surface area contributed by atoms with Gasteiger partial charge in [-0.05, 0) is 43.2 Å². The third-order valence-electron chi connectivity index (χ3n) is 6.15. The third kappa shape index (κ3) is 4.62. The third-order valence-corrected chi connectivity index (χ3v) is 6.15. The van der Waals surface area contributed by atoms with Crippen molar-refractivity contribution < 1.29 is 9.59 Å². The fourth-order valence-corrected chi connectivity index (χ4v) is 4.30. The number of para-hydroxylation sites is 1. The molecule has 0 unspecified atom stereocenters. The molecule has 3 aromatic carbocycles. The summed E-state index contributed by atoms with van der Waals surface area (Å²) in [5, 5.41) is 7.87. The van der Waals surface area contributed by atoms with Gasteiger partial charge in [-0.2, -0.15) is 5.10 Å². The number of nitrogens with zero attached hydrogens (tertiary/aromatic N) is 3. The van der Waals surface area contributed by atoms with Gasteiger partial charge in [0.05, 0.1) is 11.4 Å². The summed E-state index contributed by atoms with van der Waals surface area (Å²) in [5.74, 6) is -0.119. The van der Waals surface area contributed by atoms with E-state index in [2.05, 4.69) is 5.32 Å². The van der Waals surface area contributed by atoms with Crippen LogP contribution in [0, 0.1) is 0 Å². The molecule has 5 rings (SSSR count). The summed E-state index contributed by atoms with van der Waals surface area (Å²) in [6.45, 7) is 1.17. The molecular weight excluding hydrogens is 424 g/mol. The molecule has 0 aliphatic carbocycles. The Hall–Kier alpha value is -4.19. The summed E-state index contributed by atoms with van der Waals surface area (Å²) in [5.41, 5.74) is 3.77. The molecule has 1 fully saturated rings. The lowest BCUT2D eigenvalue weighted by Gasteiger charge is -2.32. The first-order chi connectivity index (χ1) is 16.7. The maximum atomic E-state index is 13.6. The zero-order valence-corrected chi connectivity index (χ0v) is 18.8. The van der Waals surface area contributed by atoms with Crippen LogP contribution in [0.5, 0.6) is 0 Å². The quantitative estimate of drug-likeness (QED) is 0.484. The first kappa shape index (κ1) is 21.6. The number of carbonyl (C=O) groups is 2. The number of likely N-dealkylation sites (tertiary alicyclic amines) is 1. The van der Waals surface area contributed by atoms with Gasteiger partial charge in [-0.1, -0.05) is 66.7 Å². The summed E-state index contributed by atoms with van der Waals surface area (Å²) >= 11 is 0. The van der Waals surface area contributed by atoms with Gasteiger partial charge in [0, 0.05) is 30.3 Å². The van der Waals surface area contributed by atoms with E-state index in [1.807, 2.05) is 102 Å². The van der Waals surface area contributed by atoms with Crippen molar-refractivity contribution >= 4 is 11.8 Å². The molecule has 1 N–H and O–H groups in total. The van der Waals surface area contributed by atoms with Crippen molar-refractivity contribution in [2.45, 2.75) is 18.9 Å². The van der Waals surface area contributed by atoms with E-state index in [-0.39, 0.29) is 17.9 Å². The molecule has 1 saturated heterocycles. The van der Waals surface area contributed by atoms with Crippen molar-refractivity contribution in [3.63, 3.8) is 0 Å². The maximum Gasteiger partial charge on any atom is 0.272 e. The van der Waals surface area contributed by atoms with Crippen LogP contribution in [0.3, 0.4) is 0 Å². The molecule has 6 heteroatoms. The smallest absolute Gasteiger partial charge is 0.272 e. The number of carbonyl (C=O) groups excluding carboxylic acids is 2. The van der Waals surface area contributed by atoms with Gasteiger partial charge in [-0.25, -0.2) is 4.68 Å². The second-order valence-corrected chi connectivity index (χ2v) is 8.43. The Morgan fingerprint density at radius 3 is 2.03 bits per heavy atom. The molecule has 6 nitrogen and oxygen atoms in total. The predicted molar refractivity (Wildman–Crippen MR) is 132 cm³/mol. The Morgan fingerprint density at radius 2 is 1.38 bits per heavy atom. The lowest BCUT2D eigenvalue weighted by Crippen LogP contribution is -2.46. The van der Waals surface area contributed by atoms with Crippen LogP contribution in [0.2, 0.25) is 0 Å². The number of benzene rings is 3. The molecule has 2 heterocycles. The van der Waals surface area contributed by atoms with Crippen LogP contribution in [0.4, 0.5) is 0 Å². The van der Waals surface area contributed by atoms with Crippen LogP contribution in [0.1, 0.15) is 33.7 Å². The van der Waals surface area contributed by atoms with Crippen LogP contribution in [-0.2, 0) is 0 Å². The van der Waals surface area contributed by atoms with Crippen LogP contribution < -0.4 is 5.32 Å². The van der Waals surface area contributed by atoms with Crippen LogP contribution in [-0.4, -0.2) is 45.6 Å². The Kier molecular flexibility index (Phi) is 6.21. The zero-order chi connectivity index (χ0) is 23.3. The minimum absolute atomic E-state index is 0.0497. The van der Waals surface area contributed by atoms with Crippen LogP contribution in [0.15, 0.2) is 97.1 Å². The lowest BCUT2D eigenvalue weighted by molar-refractivity contribution is 0.0689. The minimum Gasteiger partial charge on any atom is -0.349 e. The molecule has 170 valence electrons. The number of aromatic nitrogens is 2. The van der Waals surface area contributed by atoms with E-state index in [0.717, 1.165) is 29.8 Å². The van der Waals surface area contributed by atoms with Gasteiger partial charge < -0.3 is 10.2 Å². The summed E-state index contributed by atoms with van der Waals surface area (Å²) in [6.07, 6.45) is 1.44. The fraction of sp³-hybridized carbons (Fsp3) is 0.179. The SMILES string of the molecule is O=C(NC1CCN(C(=O)c2cc(-c3ccccc3)nn2-c2ccccc2)CC1)c1ccccc1. The second-order valence-electron chi connectivity index (χ2n) is 8.43. The molecule has 1 aliphatic rings. The number of hydrogen-bond acceptors (Lipinski definition) is 3. The van der Waals surface area contributed by atoms with E-state index >= 15 is 0 Å². The number of nitrogens with one attached hydrogen (secondary N) is 1. The molecule has 0 saturated carbocycles. The molecule has 2 amide bonds. The molecule has 1 aromatic heterocycles. The Labute approximate surface area is 198 Å². The zero-order valence-electron chi connectivity index (χ0n) is 18.8. The maximum absolute atomic E-state index is 13.6. The molecule has 0 atom stereocenters. The summed E-state index contributed by atoms with van der Waals surface area (Å²) in [4.78, 5) is 27.9. The van der Waals surface area contributed by atoms with E-state index in [1.165, 1.54) is 0 Å². The summed E-state index contributed by atoms with van der Waals surface area (Å²) < 4.78 is 1.73. The largest absolute Gasteiger partial charge is 0.349 e. The molecule has 34 heavy (non-hydrogen) atoms. The molecule has 0 radical (unpaired) electrons. The van der Waals surface area contributed by atoms with Crippen LogP contribution >= 0.6 is 0 Å². The van der Waals surface area contributed by atoms with Crippen molar-refractivity contribution in [3.8, 4) is 16.9 Å². The molecule has 0 spiro atoms. The van der Waals surface area contributed by atoms with Crippen molar-refractivity contribution in [3.05, 3.63) is 108 Å². The van der Waals surface area contributed by atoms with Crippen molar-refractivity contribution in [1.29, 1.82) is 0 Å². The number of rotatable bonds is 5. The monoisotopic (exact) mass is 450 g/mol. The molecule has 0 bridgehead atoms. The van der Waals surface area contributed by atoms with E-state index in [1.54, 1.807) is 4.68 Å². The summed E-state index contributed by atoms with van der Waals surface area (Å²) in [6, 6.07) is 30.7. The van der Waals surface area contributed by atoms with Gasteiger partial charge >= 0.3 is 0 Å². The number of hydrogen-bond donors (Lipinski definition) is 1. The van der Waals surface area contributed by atoms with Gasteiger partial charge in [0.25, 0.3) is 11.8 Å². The molecule has 1 aliphatic heterocycles. The van der Waals surface area contributed by atoms with E-state index in [0.29, 0.717) is 24.3 Å². The standard InChI is InChI=1S/C28H26N4O2/c33-27(22-12-6-2-7-13-22)29-23-16-18-31(19-17-23)28(34)26-20-25(21-10-4-1-5-11-21)30-32(26)24-14-8-3-9-15-24/h1-15,20,23H,16-19H2,(H,29,33). The highest BCUT2D eigenvalue weighted by Gasteiger charge is 2.28. The Balaban J connectivity index is 1.32.